The number of carbonyl (C=O) groups is 1. The molecular formula is C10H13F3N4OS. The van der Waals surface area contributed by atoms with Gasteiger partial charge in [-0.3, -0.25) is 4.79 Å². The van der Waals surface area contributed by atoms with Gasteiger partial charge < -0.3 is 10.2 Å². The normalized spacial score (nSPS) is 16.3. The van der Waals surface area contributed by atoms with E-state index in [-0.39, 0.29) is 6.04 Å². The Bertz CT molecular complexity index is 456. The van der Waals surface area contributed by atoms with Crippen LogP contribution < -0.4 is 10.2 Å². The lowest BCUT2D eigenvalue weighted by Crippen LogP contribution is -2.59. The lowest BCUT2D eigenvalue weighted by Gasteiger charge is -2.39. The first kappa shape index (κ1) is 14.0. The summed E-state index contributed by atoms with van der Waals surface area (Å²) in [4.78, 5) is 13.2. The van der Waals surface area contributed by atoms with Crippen LogP contribution in [0.25, 0.3) is 0 Å². The number of alkyl halides is 3. The molecule has 0 atom stereocenters. The molecule has 0 bridgehead atoms. The van der Waals surface area contributed by atoms with Gasteiger partial charge in [0.1, 0.15) is 5.01 Å². The summed E-state index contributed by atoms with van der Waals surface area (Å²) >= 11 is 1.45. The predicted molar refractivity (Wildman–Crippen MR) is 64.1 cm³/mol. The van der Waals surface area contributed by atoms with E-state index < -0.39 is 24.9 Å². The first-order valence-corrected chi connectivity index (χ1v) is 6.56. The van der Waals surface area contributed by atoms with Gasteiger partial charge in [0.2, 0.25) is 11.0 Å². The minimum Gasteiger partial charge on any atom is -0.350 e. The molecule has 1 N–H and O–H groups in total. The highest BCUT2D eigenvalue weighted by molar-refractivity contribution is 7.15. The van der Waals surface area contributed by atoms with Crippen LogP contribution in [0.1, 0.15) is 17.8 Å². The number of rotatable bonds is 4. The molecule has 0 unspecified atom stereocenters. The number of amides is 1. The Morgan fingerprint density at radius 1 is 1.47 bits per heavy atom. The number of nitrogens with one attached hydrogen (secondary N) is 1. The minimum atomic E-state index is -4.28. The zero-order valence-corrected chi connectivity index (χ0v) is 11.0. The molecule has 1 aromatic heterocycles. The molecular weight excluding hydrogens is 281 g/mol. The molecule has 1 saturated heterocycles. The van der Waals surface area contributed by atoms with Crippen molar-refractivity contribution in [2.24, 2.45) is 0 Å². The monoisotopic (exact) mass is 294 g/mol. The molecule has 9 heteroatoms. The van der Waals surface area contributed by atoms with Crippen molar-refractivity contribution >= 4 is 22.4 Å². The van der Waals surface area contributed by atoms with Crippen molar-refractivity contribution in [3.63, 3.8) is 0 Å². The fraction of sp³-hybridized carbons (Fsp3) is 0.700. The van der Waals surface area contributed by atoms with E-state index in [2.05, 4.69) is 15.5 Å². The molecule has 106 valence electrons. The summed E-state index contributed by atoms with van der Waals surface area (Å²) in [5.41, 5.74) is 0. The minimum absolute atomic E-state index is 0.107. The van der Waals surface area contributed by atoms with E-state index >= 15 is 0 Å². The van der Waals surface area contributed by atoms with Crippen LogP contribution in [0.2, 0.25) is 0 Å². The van der Waals surface area contributed by atoms with Gasteiger partial charge in [-0.2, -0.15) is 13.2 Å². The summed E-state index contributed by atoms with van der Waals surface area (Å²) in [5, 5.41) is 12.0. The number of aryl methyl sites for hydroxylation is 1. The quantitative estimate of drug-likeness (QED) is 0.914. The zero-order valence-electron chi connectivity index (χ0n) is 10.2. The smallest absolute Gasteiger partial charge is 0.350 e. The van der Waals surface area contributed by atoms with Crippen LogP contribution in [-0.2, 0) is 4.79 Å². The Morgan fingerprint density at radius 2 is 2.16 bits per heavy atom. The third-order valence-electron chi connectivity index (χ3n) is 2.67. The third kappa shape index (κ3) is 4.05. The van der Waals surface area contributed by atoms with Gasteiger partial charge in [0.05, 0.1) is 12.5 Å². The van der Waals surface area contributed by atoms with Gasteiger partial charge >= 0.3 is 6.18 Å². The van der Waals surface area contributed by atoms with Crippen molar-refractivity contribution in [2.75, 3.05) is 18.0 Å². The number of aromatic nitrogens is 2. The maximum absolute atomic E-state index is 11.9. The third-order valence-corrected chi connectivity index (χ3v) is 3.57. The second kappa shape index (κ2) is 5.32. The fourth-order valence-electron chi connectivity index (χ4n) is 1.70. The molecule has 0 aromatic carbocycles. The van der Waals surface area contributed by atoms with Crippen LogP contribution in [0.5, 0.6) is 0 Å². The molecule has 0 saturated carbocycles. The summed E-state index contributed by atoms with van der Waals surface area (Å²) < 4.78 is 35.8. The van der Waals surface area contributed by atoms with Crippen molar-refractivity contribution in [1.29, 1.82) is 0 Å². The average Bonchev–Trinajstić information content (AvgIpc) is 2.65. The van der Waals surface area contributed by atoms with Gasteiger partial charge in [-0.05, 0) is 6.92 Å². The molecule has 1 aromatic rings. The number of hydrogen-bond donors (Lipinski definition) is 1. The SMILES string of the molecule is Cc1nnc(N2CC(NC(=O)CCC(F)(F)F)C2)s1. The number of carbonyl (C=O) groups excluding carboxylic acids is 1. The molecule has 0 spiro atoms. The van der Waals surface area contributed by atoms with Crippen LogP contribution in [0.3, 0.4) is 0 Å². The lowest BCUT2D eigenvalue weighted by atomic mass is 10.1. The van der Waals surface area contributed by atoms with Gasteiger partial charge in [0.15, 0.2) is 0 Å². The Hall–Kier alpha value is -1.38. The molecule has 0 aliphatic carbocycles. The standard InChI is InChI=1S/C10H13F3N4OS/c1-6-15-16-9(19-6)17-4-7(5-17)14-8(18)2-3-10(11,12)13/h7H,2-5H2,1H3,(H,14,18). The van der Waals surface area contributed by atoms with Gasteiger partial charge in [0.25, 0.3) is 0 Å². The van der Waals surface area contributed by atoms with Crippen molar-refractivity contribution in [2.45, 2.75) is 32.0 Å². The highest BCUT2D eigenvalue weighted by atomic mass is 32.1. The Morgan fingerprint density at radius 3 is 2.68 bits per heavy atom. The fourth-order valence-corrected chi connectivity index (χ4v) is 2.40. The van der Waals surface area contributed by atoms with E-state index in [1.165, 1.54) is 11.3 Å². The maximum Gasteiger partial charge on any atom is 0.389 e. The average molecular weight is 294 g/mol. The highest BCUT2D eigenvalue weighted by Gasteiger charge is 2.32. The Kier molecular flexibility index (Phi) is 3.93. The summed E-state index contributed by atoms with van der Waals surface area (Å²) in [6.45, 7) is 2.97. The number of anilines is 1. The zero-order chi connectivity index (χ0) is 14.0. The van der Waals surface area contributed by atoms with Crippen LogP contribution in [-0.4, -0.2) is 41.4 Å². The number of halogens is 3. The molecule has 1 amide bonds. The lowest BCUT2D eigenvalue weighted by molar-refractivity contribution is -0.144. The van der Waals surface area contributed by atoms with Crippen molar-refractivity contribution in [1.82, 2.24) is 15.5 Å². The number of hydrogen-bond acceptors (Lipinski definition) is 5. The molecule has 0 radical (unpaired) electrons. The molecule has 1 aliphatic rings. The molecule has 1 fully saturated rings. The Balaban J connectivity index is 1.69. The second-order valence-corrected chi connectivity index (χ2v) is 5.55. The largest absolute Gasteiger partial charge is 0.389 e. The maximum atomic E-state index is 11.9. The predicted octanol–water partition coefficient (Wildman–Crippen LogP) is 1.49. The first-order valence-electron chi connectivity index (χ1n) is 5.74. The topological polar surface area (TPSA) is 58.1 Å². The highest BCUT2D eigenvalue weighted by Crippen LogP contribution is 2.25. The molecule has 5 nitrogen and oxygen atoms in total. The van der Waals surface area contributed by atoms with Gasteiger partial charge in [0, 0.05) is 19.5 Å². The van der Waals surface area contributed by atoms with E-state index in [4.69, 9.17) is 0 Å². The van der Waals surface area contributed by atoms with Crippen LogP contribution in [0, 0.1) is 6.92 Å². The number of nitrogens with zero attached hydrogens (tertiary/aromatic N) is 3. The second-order valence-electron chi connectivity index (χ2n) is 4.39. The van der Waals surface area contributed by atoms with Gasteiger partial charge in [-0.1, -0.05) is 11.3 Å². The summed E-state index contributed by atoms with van der Waals surface area (Å²) in [6, 6.07) is -0.107. The van der Waals surface area contributed by atoms with Crippen LogP contribution in [0.4, 0.5) is 18.3 Å². The van der Waals surface area contributed by atoms with Crippen LogP contribution >= 0.6 is 11.3 Å². The van der Waals surface area contributed by atoms with Gasteiger partial charge in [-0.25, -0.2) is 0 Å². The van der Waals surface area contributed by atoms with Crippen LogP contribution in [0.15, 0.2) is 0 Å². The first-order chi connectivity index (χ1) is 8.83. The molecule has 1 aliphatic heterocycles. The van der Waals surface area contributed by atoms with E-state index in [0.29, 0.717) is 13.1 Å². The molecule has 2 heterocycles. The van der Waals surface area contributed by atoms with E-state index in [1.54, 1.807) is 0 Å². The van der Waals surface area contributed by atoms with E-state index in [0.717, 1.165) is 10.1 Å². The summed E-state index contributed by atoms with van der Waals surface area (Å²) in [7, 11) is 0. The van der Waals surface area contributed by atoms with Crippen molar-refractivity contribution < 1.29 is 18.0 Å². The van der Waals surface area contributed by atoms with E-state index in [1.807, 2.05) is 11.8 Å². The van der Waals surface area contributed by atoms with Gasteiger partial charge in [-0.15, -0.1) is 10.2 Å². The van der Waals surface area contributed by atoms with E-state index in [9.17, 15) is 18.0 Å². The summed E-state index contributed by atoms with van der Waals surface area (Å²) in [5.74, 6) is -0.560. The Labute approximate surface area is 111 Å². The molecule has 19 heavy (non-hydrogen) atoms. The molecule has 2 rings (SSSR count). The van der Waals surface area contributed by atoms with Crippen molar-refractivity contribution in [3.8, 4) is 0 Å². The summed E-state index contributed by atoms with van der Waals surface area (Å²) in [6.07, 6.45) is -5.88. The van der Waals surface area contributed by atoms with Crippen molar-refractivity contribution in [3.05, 3.63) is 5.01 Å².